The topological polar surface area (TPSA) is 27.7 Å². The smallest absolute Gasteiger partial charge is 0.162 e. The molecule has 0 aromatic carbocycles. The van der Waals surface area contributed by atoms with Gasteiger partial charge in [0.25, 0.3) is 0 Å². The van der Waals surface area contributed by atoms with Crippen LogP contribution in [0.15, 0.2) is 0 Å². The van der Waals surface area contributed by atoms with Crippen LogP contribution in [0.25, 0.3) is 0 Å². The van der Waals surface area contributed by atoms with E-state index in [9.17, 15) is 0 Å². The summed E-state index contributed by atoms with van der Waals surface area (Å²) in [6.45, 7) is 7.32. The summed E-state index contributed by atoms with van der Waals surface area (Å²) < 4.78 is 15.2. The number of hydrogen-bond acceptors (Lipinski definition) is 3. The van der Waals surface area contributed by atoms with E-state index in [1.165, 1.54) is 12.8 Å². The summed E-state index contributed by atoms with van der Waals surface area (Å²) in [6.07, 6.45) is 2.56. The van der Waals surface area contributed by atoms with Gasteiger partial charge in [0.2, 0.25) is 0 Å². The van der Waals surface area contributed by atoms with Gasteiger partial charge in [-0.05, 0) is 26.7 Å². The van der Waals surface area contributed by atoms with Crippen molar-refractivity contribution >= 4 is 0 Å². The Balaban J connectivity index is 0.000000127. The summed E-state index contributed by atoms with van der Waals surface area (Å²) in [7, 11) is 0. The Kier molecular flexibility index (Phi) is 3.98. The lowest BCUT2D eigenvalue weighted by molar-refractivity contribution is -0.125. The van der Waals surface area contributed by atoms with Crippen LogP contribution < -0.4 is 0 Å². The van der Waals surface area contributed by atoms with Gasteiger partial charge in [-0.25, -0.2) is 0 Å². The number of rotatable bonds is 0. The predicted molar refractivity (Wildman–Crippen MR) is 46.0 cm³/mol. The molecule has 3 heteroatoms. The molecule has 0 atom stereocenters. The van der Waals surface area contributed by atoms with Crippen molar-refractivity contribution in [3.8, 4) is 0 Å². The largest absolute Gasteiger partial charge is 0.381 e. The molecular formula is C9H18O3. The molecule has 0 N–H and O–H groups in total. The first-order chi connectivity index (χ1) is 5.71. The van der Waals surface area contributed by atoms with E-state index < -0.39 is 0 Å². The Labute approximate surface area is 74.0 Å². The van der Waals surface area contributed by atoms with E-state index in [1.807, 2.05) is 13.8 Å². The van der Waals surface area contributed by atoms with Gasteiger partial charge in [-0.1, -0.05) is 0 Å². The third-order valence-electron chi connectivity index (χ3n) is 1.81. The Hall–Kier alpha value is -0.120. The van der Waals surface area contributed by atoms with E-state index in [2.05, 4.69) is 0 Å². The van der Waals surface area contributed by atoms with Crippen molar-refractivity contribution in [3.05, 3.63) is 0 Å². The molecule has 0 saturated carbocycles. The number of hydrogen-bond donors (Lipinski definition) is 0. The molecule has 2 aliphatic heterocycles. The molecule has 0 amide bonds. The third kappa shape index (κ3) is 4.04. The van der Waals surface area contributed by atoms with Gasteiger partial charge in [0.1, 0.15) is 0 Å². The molecule has 2 fully saturated rings. The Morgan fingerprint density at radius 1 is 0.833 bits per heavy atom. The second-order valence-corrected chi connectivity index (χ2v) is 3.42. The van der Waals surface area contributed by atoms with Crippen LogP contribution in [-0.4, -0.2) is 32.2 Å². The summed E-state index contributed by atoms with van der Waals surface area (Å²) in [5, 5.41) is 0. The van der Waals surface area contributed by atoms with Crippen LogP contribution in [0.5, 0.6) is 0 Å². The molecule has 0 aromatic rings. The van der Waals surface area contributed by atoms with Gasteiger partial charge in [-0.15, -0.1) is 0 Å². The monoisotopic (exact) mass is 174 g/mol. The minimum Gasteiger partial charge on any atom is -0.381 e. The van der Waals surface area contributed by atoms with Crippen molar-refractivity contribution in [2.45, 2.75) is 32.5 Å². The first kappa shape index (κ1) is 9.96. The first-order valence-electron chi connectivity index (χ1n) is 4.56. The minimum absolute atomic E-state index is 0.306. The lowest BCUT2D eigenvalue weighted by atomic mass is 10.4. The molecule has 72 valence electrons. The highest BCUT2D eigenvalue weighted by Gasteiger charge is 2.23. The van der Waals surface area contributed by atoms with E-state index in [0.717, 1.165) is 26.4 Å². The zero-order valence-electron chi connectivity index (χ0n) is 7.97. The molecule has 2 saturated heterocycles. The quantitative estimate of drug-likeness (QED) is 0.558. The summed E-state index contributed by atoms with van der Waals surface area (Å²) in [5.74, 6) is -0.306. The Bertz CT molecular complexity index is 103. The summed E-state index contributed by atoms with van der Waals surface area (Å²) >= 11 is 0. The zero-order valence-corrected chi connectivity index (χ0v) is 7.97. The standard InChI is InChI=1S/C5H10O2.C4H8O/c1-5(2)6-3-4-7-5;1-2-4-5-3-1/h3-4H2,1-2H3;1-4H2. The fraction of sp³-hybridized carbons (Fsp3) is 1.00. The molecule has 3 nitrogen and oxygen atoms in total. The van der Waals surface area contributed by atoms with E-state index in [4.69, 9.17) is 14.2 Å². The first-order valence-corrected chi connectivity index (χ1v) is 4.56. The van der Waals surface area contributed by atoms with Crippen LogP contribution in [0.4, 0.5) is 0 Å². The van der Waals surface area contributed by atoms with E-state index in [-0.39, 0.29) is 5.79 Å². The Morgan fingerprint density at radius 3 is 1.50 bits per heavy atom. The van der Waals surface area contributed by atoms with Crippen molar-refractivity contribution in [2.75, 3.05) is 26.4 Å². The maximum Gasteiger partial charge on any atom is 0.162 e. The van der Waals surface area contributed by atoms with E-state index in [0.29, 0.717) is 0 Å². The highest BCUT2D eigenvalue weighted by Crippen LogP contribution is 2.15. The van der Waals surface area contributed by atoms with Crippen molar-refractivity contribution in [3.63, 3.8) is 0 Å². The lowest BCUT2D eigenvalue weighted by Gasteiger charge is -2.13. The molecule has 0 aromatic heterocycles. The van der Waals surface area contributed by atoms with E-state index >= 15 is 0 Å². The average Bonchev–Trinajstić information content (AvgIpc) is 2.60. The van der Waals surface area contributed by atoms with Gasteiger partial charge >= 0.3 is 0 Å². The highest BCUT2D eigenvalue weighted by molar-refractivity contribution is 4.58. The second-order valence-electron chi connectivity index (χ2n) is 3.42. The van der Waals surface area contributed by atoms with Gasteiger partial charge in [0.15, 0.2) is 5.79 Å². The highest BCUT2D eigenvalue weighted by atomic mass is 16.7. The molecule has 2 rings (SSSR count). The third-order valence-corrected chi connectivity index (χ3v) is 1.81. The molecule has 0 spiro atoms. The number of ether oxygens (including phenoxy) is 3. The van der Waals surface area contributed by atoms with Crippen molar-refractivity contribution in [1.82, 2.24) is 0 Å². The summed E-state index contributed by atoms with van der Waals surface area (Å²) in [6, 6.07) is 0. The van der Waals surface area contributed by atoms with Gasteiger partial charge in [0, 0.05) is 13.2 Å². The van der Waals surface area contributed by atoms with Crippen molar-refractivity contribution < 1.29 is 14.2 Å². The van der Waals surface area contributed by atoms with Crippen LogP contribution >= 0.6 is 0 Å². The molecule has 12 heavy (non-hydrogen) atoms. The Morgan fingerprint density at radius 2 is 1.33 bits per heavy atom. The van der Waals surface area contributed by atoms with Gasteiger partial charge in [-0.3, -0.25) is 0 Å². The van der Waals surface area contributed by atoms with Crippen LogP contribution in [0, 0.1) is 0 Å². The molecule has 0 bridgehead atoms. The van der Waals surface area contributed by atoms with Crippen LogP contribution in [0.2, 0.25) is 0 Å². The molecule has 2 heterocycles. The fourth-order valence-corrected chi connectivity index (χ4v) is 1.13. The maximum absolute atomic E-state index is 5.12. The fourth-order valence-electron chi connectivity index (χ4n) is 1.13. The van der Waals surface area contributed by atoms with Crippen LogP contribution in [0.1, 0.15) is 26.7 Å². The molecular weight excluding hydrogens is 156 g/mol. The lowest BCUT2D eigenvalue weighted by Crippen LogP contribution is -2.18. The average molecular weight is 174 g/mol. The molecule has 0 unspecified atom stereocenters. The normalized spacial score (nSPS) is 26.5. The molecule has 0 aliphatic carbocycles. The molecule has 2 aliphatic rings. The predicted octanol–water partition coefficient (Wildman–Crippen LogP) is 1.57. The van der Waals surface area contributed by atoms with Gasteiger partial charge < -0.3 is 14.2 Å². The van der Waals surface area contributed by atoms with E-state index in [1.54, 1.807) is 0 Å². The summed E-state index contributed by atoms with van der Waals surface area (Å²) in [5.41, 5.74) is 0. The van der Waals surface area contributed by atoms with Gasteiger partial charge in [0.05, 0.1) is 13.2 Å². The zero-order chi connectivity index (χ0) is 8.86. The second kappa shape index (κ2) is 4.80. The minimum atomic E-state index is -0.306. The van der Waals surface area contributed by atoms with Crippen LogP contribution in [0.3, 0.4) is 0 Å². The van der Waals surface area contributed by atoms with Crippen LogP contribution in [-0.2, 0) is 14.2 Å². The maximum atomic E-state index is 5.12. The van der Waals surface area contributed by atoms with Gasteiger partial charge in [-0.2, -0.15) is 0 Å². The SMILES string of the molecule is C1CCOC1.CC1(C)OCCO1. The van der Waals surface area contributed by atoms with Crippen molar-refractivity contribution in [2.24, 2.45) is 0 Å². The van der Waals surface area contributed by atoms with Crippen molar-refractivity contribution in [1.29, 1.82) is 0 Å². The molecule has 0 radical (unpaired) electrons. The summed E-state index contributed by atoms with van der Waals surface area (Å²) in [4.78, 5) is 0.